The van der Waals surface area contributed by atoms with Crippen molar-refractivity contribution in [2.75, 3.05) is 31.4 Å². The zero-order valence-electron chi connectivity index (χ0n) is 19.2. The number of rotatable bonds is 10. The average Bonchev–Trinajstić information content (AvgIpc) is 2.84. The van der Waals surface area contributed by atoms with Crippen LogP contribution in [0.15, 0.2) is 76.5 Å². The molecule has 0 fully saturated rings. The lowest BCUT2D eigenvalue weighted by Crippen LogP contribution is -2.22. The van der Waals surface area contributed by atoms with Crippen LogP contribution in [0.3, 0.4) is 0 Å². The molecule has 1 atom stereocenters. The Morgan fingerprint density at radius 2 is 1.47 bits per heavy atom. The van der Waals surface area contributed by atoms with Crippen LogP contribution in [0.1, 0.15) is 6.92 Å². The van der Waals surface area contributed by atoms with Gasteiger partial charge in [0.2, 0.25) is 5.91 Å². The highest BCUT2D eigenvalue weighted by Crippen LogP contribution is 2.31. The first kappa shape index (κ1) is 25.3. The van der Waals surface area contributed by atoms with Gasteiger partial charge < -0.3 is 19.5 Å². The molecule has 34 heavy (non-hydrogen) atoms. The summed E-state index contributed by atoms with van der Waals surface area (Å²) in [7, 11) is 0.645. The van der Waals surface area contributed by atoms with Gasteiger partial charge in [0.25, 0.3) is 10.0 Å². The fraction of sp³-hybridized carbons (Fsp3) is 0.208. The summed E-state index contributed by atoms with van der Waals surface area (Å²) in [6.45, 7) is 1.80. The van der Waals surface area contributed by atoms with E-state index in [4.69, 9.17) is 14.2 Å². The second kappa shape index (κ2) is 11.2. The summed E-state index contributed by atoms with van der Waals surface area (Å²) in [4.78, 5) is 13.6. The van der Waals surface area contributed by atoms with Crippen LogP contribution in [0.4, 0.5) is 11.4 Å². The number of carbonyl (C=O) groups excluding carboxylic acids is 1. The van der Waals surface area contributed by atoms with E-state index in [1.54, 1.807) is 38.3 Å². The maximum atomic E-state index is 12.9. The molecule has 0 aliphatic heterocycles. The number of hydrogen-bond acceptors (Lipinski definition) is 7. The summed E-state index contributed by atoms with van der Waals surface area (Å²) in [6, 6.07) is 18.2. The lowest BCUT2D eigenvalue weighted by atomic mass is 10.3. The van der Waals surface area contributed by atoms with Gasteiger partial charge in [-0.25, -0.2) is 8.42 Å². The van der Waals surface area contributed by atoms with E-state index in [0.717, 1.165) is 10.6 Å². The molecule has 180 valence electrons. The summed E-state index contributed by atoms with van der Waals surface area (Å²) in [5.74, 6) is 1.39. The zero-order valence-corrected chi connectivity index (χ0v) is 20.8. The largest absolute Gasteiger partial charge is 0.497 e. The Kier molecular flexibility index (Phi) is 8.30. The number of thioether (sulfide) groups is 1. The summed E-state index contributed by atoms with van der Waals surface area (Å²) in [5, 5.41) is 2.45. The molecule has 0 aliphatic rings. The van der Waals surface area contributed by atoms with Crippen LogP contribution in [-0.2, 0) is 14.8 Å². The molecule has 3 rings (SSSR count). The number of methoxy groups -OCH3 is 3. The van der Waals surface area contributed by atoms with Gasteiger partial charge in [-0.05, 0) is 67.6 Å². The van der Waals surface area contributed by atoms with E-state index < -0.39 is 10.0 Å². The van der Waals surface area contributed by atoms with Gasteiger partial charge in [0.05, 0.1) is 37.2 Å². The van der Waals surface area contributed by atoms with E-state index >= 15 is 0 Å². The summed E-state index contributed by atoms with van der Waals surface area (Å²) in [5.41, 5.74) is 0.744. The number of carbonyl (C=O) groups is 1. The first-order chi connectivity index (χ1) is 16.2. The van der Waals surface area contributed by atoms with Gasteiger partial charge in [-0.15, -0.1) is 11.8 Å². The minimum atomic E-state index is -3.89. The Labute approximate surface area is 203 Å². The van der Waals surface area contributed by atoms with Crippen LogP contribution in [0.2, 0.25) is 0 Å². The van der Waals surface area contributed by atoms with Gasteiger partial charge in [-0.1, -0.05) is 0 Å². The van der Waals surface area contributed by atoms with Crippen molar-refractivity contribution in [3.63, 3.8) is 0 Å². The maximum absolute atomic E-state index is 12.9. The molecule has 2 N–H and O–H groups in total. The van der Waals surface area contributed by atoms with Gasteiger partial charge >= 0.3 is 0 Å². The van der Waals surface area contributed by atoms with Gasteiger partial charge in [0, 0.05) is 16.6 Å². The van der Waals surface area contributed by atoms with Crippen molar-refractivity contribution in [2.45, 2.75) is 22.0 Å². The third-order valence-corrected chi connectivity index (χ3v) is 7.32. The van der Waals surface area contributed by atoms with Crippen LogP contribution in [0, 0.1) is 0 Å². The normalized spacial score (nSPS) is 11.9. The molecular weight excluding hydrogens is 476 g/mol. The molecular formula is C24H26N2O6S2. The number of nitrogens with one attached hydrogen (secondary N) is 2. The number of anilines is 2. The lowest BCUT2D eigenvalue weighted by molar-refractivity contribution is -0.115. The van der Waals surface area contributed by atoms with Gasteiger partial charge in [-0.3, -0.25) is 9.52 Å². The molecule has 0 unspecified atom stereocenters. The van der Waals surface area contributed by atoms with Crippen molar-refractivity contribution < 1.29 is 27.4 Å². The number of sulfonamides is 1. The maximum Gasteiger partial charge on any atom is 0.262 e. The highest BCUT2D eigenvalue weighted by atomic mass is 32.2. The summed E-state index contributed by atoms with van der Waals surface area (Å²) >= 11 is 1.41. The predicted octanol–water partition coefficient (Wildman–Crippen LogP) is 4.63. The van der Waals surface area contributed by atoms with Crippen LogP contribution in [0.5, 0.6) is 17.2 Å². The fourth-order valence-electron chi connectivity index (χ4n) is 2.97. The molecule has 3 aromatic rings. The number of ether oxygens (including phenoxy) is 3. The minimum Gasteiger partial charge on any atom is -0.497 e. The molecule has 0 bridgehead atoms. The molecule has 0 aliphatic carbocycles. The topological polar surface area (TPSA) is 103 Å². The van der Waals surface area contributed by atoms with Crippen molar-refractivity contribution in [2.24, 2.45) is 0 Å². The Bertz CT molecular complexity index is 1230. The second-order valence-corrected chi connectivity index (χ2v) is 10.2. The SMILES string of the molecule is COc1ccc(S[C@@H](C)C(=O)Nc2ccc(S(=O)(=O)Nc3cc(OC)ccc3OC)cc2)cc1. The Morgan fingerprint density at radius 1 is 0.853 bits per heavy atom. The number of amides is 1. The molecule has 0 aromatic heterocycles. The Balaban J connectivity index is 1.66. The van der Waals surface area contributed by atoms with Crippen molar-refractivity contribution in [1.82, 2.24) is 0 Å². The van der Waals surface area contributed by atoms with E-state index in [0.29, 0.717) is 17.2 Å². The Hall–Kier alpha value is -3.37. The average molecular weight is 503 g/mol. The van der Waals surface area contributed by atoms with Crippen molar-refractivity contribution in [3.8, 4) is 17.2 Å². The molecule has 8 nitrogen and oxygen atoms in total. The van der Waals surface area contributed by atoms with Gasteiger partial charge in [0.1, 0.15) is 17.2 Å². The third kappa shape index (κ3) is 6.36. The standard InChI is InChI=1S/C24H26N2O6S2/c1-16(33-20-10-7-18(30-2)8-11-20)24(27)25-17-5-12-21(13-6-17)34(28,29)26-22-15-19(31-3)9-14-23(22)32-4/h5-16,26H,1-4H3,(H,25,27)/t16-/m0/s1. The number of benzene rings is 3. The van der Waals surface area contributed by atoms with E-state index in [2.05, 4.69) is 10.0 Å². The lowest BCUT2D eigenvalue weighted by Gasteiger charge is -2.14. The van der Waals surface area contributed by atoms with Crippen LogP contribution in [0.25, 0.3) is 0 Å². The van der Waals surface area contributed by atoms with Crippen LogP contribution in [-0.4, -0.2) is 40.9 Å². The van der Waals surface area contributed by atoms with Gasteiger partial charge in [-0.2, -0.15) is 0 Å². The van der Waals surface area contributed by atoms with Crippen LogP contribution >= 0.6 is 11.8 Å². The third-order valence-electron chi connectivity index (χ3n) is 4.82. The highest BCUT2D eigenvalue weighted by Gasteiger charge is 2.19. The molecule has 0 heterocycles. The monoisotopic (exact) mass is 502 g/mol. The predicted molar refractivity (Wildman–Crippen MR) is 134 cm³/mol. The molecule has 0 saturated heterocycles. The van der Waals surface area contributed by atoms with Crippen molar-refractivity contribution in [1.29, 1.82) is 0 Å². The molecule has 3 aromatic carbocycles. The summed E-state index contributed by atoms with van der Waals surface area (Å²) in [6.07, 6.45) is 0. The molecule has 10 heteroatoms. The first-order valence-electron chi connectivity index (χ1n) is 10.2. The molecule has 1 amide bonds. The first-order valence-corrected chi connectivity index (χ1v) is 12.6. The van der Waals surface area contributed by atoms with Crippen molar-refractivity contribution in [3.05, 3.63) is 66.7 Å². The van der Waals surface area contributed by atoms with Crippen LogP contribution < -0.4 is 24.2 Å². The molecule has 0 radical (unpaired) electrons. The van der Waals surface area contributed by atoms with E-state index in [1.165, 1.54) is 44.2 Å². The van der Waals surface area contributed by atoms with Crippen molar-refractivity contribution >= 4 is 39.1 Å². The summed E-state index contributed by atoms with van der Waals surface area (Å²) < 4.78 is 43.7. The Morgan fingerprint density at radius 3 is 2.06 bits per heavy atom. The second-order valence-electron chi connectivity index (χ2n) is 7.12. The highest BCUT2D eigenvalue weighted by molar-refractivity contribution is 8.00. The van der Waals surface area contributed by atoms with E-state index in [-0.39, 0.29) is 21.7 Å². The van der Waals surface area contributed by atoms with Gasteiger partial charge in [0.15, 0.2) is 0 Å². The van der Waals surface area contributed by atoms with E-state index in [9.17, 15) is 13.2 Å². The smallest absolute Gasteiger partial charge is 0.262 e. The zero-order chi connectivity index (χ0) is 24.7. The number of hydrogen-bond donors (Lipinski definition) is 2. The minimum absolute atomic E-state index is 0.0380. The fourth-order valence-corrected chi connectivity index (χ4v) is 4.90. The molecule has 0 saturated carbocycles. The van der Waals surface area contributed by atoms with E-state index in [1.807, 2.05) is 24.3 Å². The quantitative estimate of drug-likeness (QED) is 0.390. The molecule has 0 spiro atoms.